The third kappa shape index (κ3) is 7.29. The van der Waals surface area contributed by atoms with Crippen LogP contribution in [0.3, 0.4) is 0 Å². The van der Waals surface area contributed by atoms with Gasteiger partial charge in [0.1, 0.15) is 11.3 Å². The van der Waals surface area contributed by atoms with Crippen LogP contribution in [0.5, 0.6) is 0 Å². The van der Waals surface area contributed by atoms with Crippen molar-refractivity contribution < 1.29 is 14.3 Å². The molecular weight excluding hydrogens is 485 g/mol. The van der Waals surface area contributed by atoms with Crippen molar-refractivity contribution in [2.45, 2.75) is 71.6 Å². The second-order valence-electron chi connectivity index (χ2n) is 8.32. The number of guanidine groups is 1. The third-order valence-electron chi connectivity index (χ3n) is 4.38. The fraction of sp³-hybridized carbons (Fsp3) is 0.650. The number of halogens is 1. The van der Waals surface area contributed by atoms with Gasteiger partial charge in [-0.2, -0.15) is 0 Å². The summed E-state index contributed by atoms with van der Waals surface area (Å²) < 4.78 is 11.6. The van der Waals surface area contributed by atoms with Crippen LogP contribution in [0.2, 0.25) is 0 Å². The van der Waals surface area contributed by atoms with Crippen LogP contribution in [0.15, 0.2) is 29.4 Å². The second-order valence-corrected chi connectivity index (χ2v) is 8.32. The number of aromatic nitrogens is 1. The minimum Gasteiger partial charge on any atom is -0.444 e. The Balaban J connectivity index is 0.00000420. The second kappa shape index (κ2) is 10.4. The van der Waals surface area contributed by atoms with E-state index in [-0.39, 0.29) is 42.2 Å². The first-order valence-electron chi connectivity index (χ1n) is 9.58. The number of rotatable bonds is 4. The van der Waals surface area contributed by atoms with Gasteiger partial charge in [-0.15, -0.1) is 24.0 Å². The zero-order chi connectivity index (χ0) is 20.9. The molecule has 1 aromatic heterocycles. The van der Waals surface area contributed by atoms with E-state index in [0.717, 1.165) is 5.69 Å². The van der Waals surface area contributed by atoms with E-state index >= 15 is 0 Å². The van der Waals surface area contributed by atoms with Gasteiger partial charge in [0, 0.05) is 19.8 Å². The summed E-state index contributed by atoms with van der Waals surface area (Å²) in [6.45, 7) is 12.3. The van der Waals surface area contributed by atoms with E-state index in [9.17, 15) is 4.79 Å². The first kappa shape index (κ1) is 25.4. The summed E-state index contributed by atoms with van der Waals surface area (Å²) in [6, 6.07) is 5.57. The van der Waals surface area contributed by atoms with E-state index in [1.165, 1.54) is 0 Å². The molecule has 1 saturated heterocycles. The molecule has 1 aliphatic heterocycles. The highest BCUT2D eigenvalue weighted by Gasteiger charge is 2.49. The summed E-state index contributed by atoms with van der Waals surface area (Å²) >= 11 is 0. The molecule has 1 aromatic rings. The third-order valence-corrected chi connectivity index (χ3v) is 4.38. The maximum Gasteiger partial charge on any atom is 0.412 e. The van der Waals surface area contributed by atoms with E-state index in [2.05, 4.69) is 20.6 Å². The lowest BCUT2D eigenvalue weighted by atomic mass is 10.1. The van der Waals surface area contributed by atoms with Crippen molar-refractivity contribution in [1.82, 2.24) is 20.5 Å². The largest absolute Gasteiger partial charge is 0.444 e. The van der Waals surface area contributed by atoms with Crippen molar-refractivity contribution in [2.75, 3.05) is 13.6 Å². The van der Waals surface area contributed by atoms with Crippen LogP contribution < -0.4 is 10.6 Å². The summed E-state index contributed by atoms with van der Waals surface area (Å²) in [5.41, 5.74) is -0.407. The summed E-state index contributed by atoms with van der Waals surface area (Å²) in [4.78, 5) is 23.0. The Morgan fingerprint density at radius 1 is 1.34 bits per heavy atom. The zero-order valence-corrected chi connectivity index (χ0v) is 20.7. The fourth-order valence-corrected chi connectivity index (χ4v) is 3.22. The first-order chi connectivity index (χ1) is 13.0. The molecule has 1 fully saturated rings. The van der Waals surface area contributed by atoms with Gasteiger partial charge in [0.25, 0.3) is 0 Å². The molecule has 2 atom stereocenters. The fourth-order valence-electron chi connectivity index (χ4n) is 3.22. The number of nitrogens with zero attached hydrogens (tertiary/aromatic N) is 3. The normalized spacial score (nSPS) is 21.3. The van der Waals surface area contributed by atoms with Crippen LogP contribution in [0.1, 0.15) is 47.2 Å². The van der Waals surface area contributed by atoms with Gasteiger partial charge >= 0.3 is 6.09 Å². The van der Waals surface area contributed by atoms with Crippen molar-refractivity contribution in [3.05, 3.63) is 30.1 Å². The Kier molecular flexibility index (Phi) is 9.13. The minimum absolute atomic E-state index is 0. The van der Waals surface area contributed by atoms with Gasteiger partial charge in [0.2, 0.25) is 0 Å². The Bertz CT molecular complexity index is 691. The molecule has 0 bridgehead atoms. The van der Waals surface area contributed by atoms with Gasteiger partial charge in [0.05, 0.1) is 24.4 Å². The molecule has 2 unspecified atom stereocenters. The number of amides is 1. The first-order valence-corrected chi connectivity index (χ1v) is 9.58. The lowest BCUT2D eigenvalue weighted by Crippen LogP contribution is -2.54. The smallest absolute Gasteiger partial charge is 0.412 e. The maximum atomic E-state index is 12.8. The van der Waals surface area contributed by atoms with Gasteiger partial charge in [-0.05, 0) is 53.7 Å². The summed E-state index contributed by atoms with van der Waals surface area (Å²) in [7, 11) is 1.71. The van der Waals surface area contributed by atoms with Gasteiger partial charge in [-0.1, -0.05) is 6.07 Å². The number of aliphatic imine (C=N–C) groups is 1. The molecule has 164 valence electrons. The molecular formula is C20H34IN5O3. The van der Waals surface area contributed by atoms with Crippen LogP contribution >= 0.6 is 24.0 Å². The Morgan fingerprint density at radius 2 is 2.03 bits per heavy atom. The lowest BCUT2D eigenvalue weighted by molar-refractivity contribution is -0.0755. The average Bonchev–Trinajstić information content (AvgIpc) is 2.82. The van der Waals surface area contributed by atoms with Crippen LogP contribution in [-0.2, 0) is 16.0 Å². The van der Waals surface area contributed by atoms with Gasteiger partial charge < -0.3 is 20.1 Å². The number of ether oxygens (including phenoxy) is 2. The van der Waals surface area contributed by atoms with E-state index < -0.39 is 11.3 Å². The Morgan fingerprint density at radius 3 is 2.59 bits per heavy atom. The number of carbonyl (C=O) groups excluding carboxylic acids is 1. The van der Waals surface area contributed by atoms with Crippen LogP contribution in [0, 0.1) is 0 Å². The van der Waals surface area contributed by atoms with Crippen molar-refractivity contribution in [1.29, 1.82) is 0 Å². The van der Waals surface area contributed by atoms with Crippen LogP contribution in [0.25, 0.3) is 0 Å². The molecule has 2 rings (SSSR count). The highest BCUT2D eigenvalue weighted by Crippen LogP contribution is 2.33. The van der Waals surface area contributed by atoms with Crippen molar-refractivity contribution in [2.24, 2.45) is 4.99 Å². The predicted octanol–water partition coefficient (Wildman–Crippen LogP) is 3.13. The van der Waals surface area contributed by atoms with Gasteiger partial charge in [0.15, 0.2) is 5.96 Å². The topological polar surface area (TPSA) is 88.1 Å². The van der Waals surface area contributed by atoms with Crippen LogP contribution in [-0.4, -0.2) is 59.0 Å². The van der Waals surface area contributed by atoms with E-state index in [0.29, 0.717) is 19.0 Å². The molecule has 0 radical (unpaired) electrons. The summed E-state index contributed by atoms with van der Waals surface area (Å²) in [5.74, 6) is 0.631. The van der Waals surface area contributed by atoms with E-state index in [4.69, 9.17) is 9.47 Å². The molecule has 2 heterocycles. The molecule has 0 aliphatic carbocycles. The Hall–Kier alpha value is -1.62. The monoisotopic (exact) mass is 519 g/mol. The maximum absolute atomic E-state index is 12.8. The van der Waals surface area contributed by atoms with Gasteiger partial charge in [-0.3, -0.25) is 14.9 Å². The zero-order valence-electron chi connectivity index (χ0n) is 18.4. The van der Waals surface area contributed by atoms with Crippen molar-refractivity contribution in [3.63, 3.8) is 0 Å². The van der Waals surface area contributed by atoms with Crippen LogP contribution in [0.4, 0.5) is 4.79 Å². The lowest BCUT2D eigenvalue weighted by Gasteiger charge is -2.35. The quantitative estimate of drug-likeness (QED) is 0.361. The molecule has 0 aromatic carbocycles. The predicted molar refractivity (Wildman–Crippen MR) is 124 cm³/mol. The van der Waals surface area contributed by atoms with Gasteiger partial charge in [-0.25, -0.2) is 4.79 Å². The van der Waals surface area contributed by atoms with E-state index in [1.54, 1.807) is 18.1 Å². The molecule has 29 heavy (non-hydrogen) atoms. The number of nitrogens with one attached hydrogen (secondary N) is 2. The summed E-state index contributed by atoms with van der Waals surface area (Å²) in [6.07, 6.45) is 1.22. The minimum atomic E-state index is -0.751. The van der Waals surface area contributed by atoms with E-state index in [1.807, 2.05) is 59.7 Å². The van der Waals surface area contributed by atoms with Crippen molar-refractivity contribution in [3.8, 4) is 0 Å². The molecule has 1 aliphatic rings. The molecule has 9 heteroatoms. The molecule has 2 N–H and O–H groups in total. The number of carbonyl (C=O) groups is 1. The SMILES string of the molecule is CN=C(NCc1ccccn1)NCC1C(C)OC(C)(C)N1C(=O)OC(C)(C)C.I. The molecule has 8 nitrogen and oxygen atoms in total. The number of hydrogen-bond acceptors (Lipinski definition) is 5. The number of hydrogen-bond donors (Lipinski definition) is 2. The highest BCUT2D eigenvalue weighted by molar-refractivity contribution is 14.0. The number of pyridine rings is 1. The average molecular weight is 519 g/mol. The standard InChI is InChI=1S/C20H33N5O3.HI/c1-14-16(25(20(5,6)27-14)18(26)28-19(2,3)4)13-24-17(21-7)23-12-15-10-8-9-11-22-15;/h8-11,14,16H,12-13H2,1-7H3,(H2,21,23,24);1H. The van der Waals surface area contributed by atoms with Crippen molar-refractivity contribution >= 4 is 36.0 Å². The molecule has 1 amide bonds. The molecule has 0 saturated carbocycles. The Labute approximate surface area is 190 Å². The highest BCUT2D eigenvalue weighted by atomic mass is 127. The summed E-state index contributed by atoms with van der Waals surface area (Å²) in [5, 5.41) is 6.51. The molecule has 0 spiro atoms.